The summed E-state index contributed by atoms with van der Waals surface area (Å²) < 4.78 is 0. The molecule has 3 N–H and O–H groups in total. The Labute approximate surface area is 103 Å². The van der Waals surface area contributed by atoms with Crippen LogP contribution in [0.4, 0.5) is 4.79 Å². The Morgan fingerprint density at radius 3 is 3.06 bits per heavy atom. The summed E-state index contributed by atoms with van der Waals surface area (Å²) in [5.41, 5.74) is -1.12. The molecular formula is C10H15N5O3. The number of urea groups is 1. The highest BCUT2D eigenvalue weighted by atomic mass is 16.4. The summed E-state index contributed by atoms with van der Waals surface area (Å²) in [5, 5.41) is 18.1. The maximum Gasteiger partial charge on any atom is 0.329 e. The maximum absolute atomic E-state index is 11.9. The average Bonchev–Trinajstić information content (AvgIpc) is 2.95. The summed E-state index contributed by atoms with van der Waals surface area (Å²) in [5.74, 6) is -0.450. The van der Waals surface area contributed by atoms with E-state index in [1.165, 1.54) is 11.2 Å². The number of hydrogen-bond acceptors (Lipinski definition) is 4. The SMILES string of the molecule is CC1(C(=O)O)CCCN1C(=O)NCc1ncn[nH]1. The number of nitrogens with one attached hydrogen (secondary N) is 2. The van der Waals surface area contributed by atoms with Crippen LogP contribution in [0.15, 0.2) is 6.33 Å². The molecule has 0 aromatic carbocycles. The summed E-state index contributed by atoms with van der Waals surface area (Å²) in [6.07, 6.45) is 2.51. The van der Waals surface area contributed by atoms with Gasteiger partial charge in [0.15, 0.2) is 0 Å². The minimum Gasteiger partial charge on any atom is -0.480 e. The van der Waals surface area contributed by atoms with Gasteiger partial charge in [-0.05, 0) is 19.8 Å². The topological polar surface area (TPSA) is 111 Å². The molecule has 2 heterocycles. The third-order valence-corrected chi connectivity index (χ3v) is 3.22. The van der Waals surface area contributed by atoms with Crippen LogP contribution in [0.1, 0.15) is 25.6 Å². The highest BCUT2D eigenvalue weighted by Crippen LogP contribution is 2.29. The molecule has 1 atom stereocenters. The van der Waals surface area contributed by atoms with E-state index in [4.69, 9.17) is 0 Å². The van der Waals surface area contributed by atoms with E-state index < -0.39 is 17.5 Å². The minimum atomic E-state index is -1.12. The molecule has 98 valence electrons. The summed E-state index contributed by atoms with van der Waals surface area (Å²) in [6, 6.07) is -0.395. The van der Waals surface area contributed by atoms with Gasteiger partial charge in [-0.1, -0.05) is 0 Å². The Morgan fingerprint density at radius 1 is 1.67 bits per heavy atom. The number of carboxylic acid groups (broad SMARTS) is 1. The first kappa shape index (κ1) is 12.3. The molecule has 1 unspecified atom stereocenters. The standard InChI is InChI=1S/C10H15N5O3/c1-10(8(16)17)3-2-4-15(10)9(18)11-5-7-12-6-13-14-7/h6H,2-5H2,1H3,(H,11,18)(H,16,17)(H,12,13,14). The quantitative estimate of drug-likeness (QED) is 0.699. The van der Waals surface area contributed by atoms with Crippen molar-refractivity contribution in [3.05, 3.63) is 12.2 Å². The van der Waals surface area contributed by atoms with E-state index in [2.05, 4.69) is 20.5 Å². The van der Waals surface area contributed by atoms with Gasteiger partial charge in [-0.3, -0.25) is 5.10 Å². The molecule has 8 nitrogen and oxygen atoms in total. The van der Waals surface area contributed by atoms with E-state index in [1.807, 2.05) is 0 Å². The monoisotopic (exact) mass is 253 g/mol. The van der Waals surface area contributed by atoms with Crippen LogP contribution in [0.25, 0.3) is 0 Å². The van der Waals surface area contributed by atoms with Crippen molar-refractivity contribution in [1.82, 2.24) is 25.4 Å². The van der Waals surface area contributed by atoms with Gasteiger partial charge in [0.05, 0.1) is 6.54 Å². The van der Waals surface area contributed by atoms with Gasteiger partial charge >= 0.3 is 12.0 Å². The number of amides is 2. The molecule has 18 heavy (non-hydrogen) atoms. The lowest BCUT2D eigenvalue weighted by molar-refractivity contribution is -0.147. The second kappa shape index (κ2) is 4.63. The first-order chi connectivity index (χ1) is 8.54. The molecule has 0 aliphatic carbocycles. The molecule has 0 radical (unpaired) electrons. The molecule has 8 heteroatoms. The number of rotatable bonds is 3. The predicted octanol–water partition coefficient (Wildman–Crippen LogP) is -0.0466. The normalized spacial score (nSPS) is 23.1. The molecule has 0 bridgehead atoms. The van der Waals surface area contributed by atoms with Gasteiger partial charge < -0.3 is 15.3 Å². The zero-order valence-electron chi connectivity index (χ0n) is 10.0. The van der Waals surface area contributed by atoms with Crippen LogP contribution in [0, 0.1) is 0 Å². The number of aliphatic carboxylic acids is 1. The second-order valence-electron chi connectivity index (χ2n) is 4.43. The molecule has 1 fully saturated rings. The van der Waals surface area contributed by atoms with Gasteiger partial charge in [-0.25, -0.2) is 14.6 Å². The van der Waals surface area contributed by atoms with Gasteiger partial charge in [0.2, 0.25) is 0 Å². The fourth-order valence-corrected chi connectivity index (χ4v) is 2.08. The third kappa shape index (κ3) is 2.13. The molecular weight excluding hydrogens is 238 g/mol. The Morgan fingerprint density at radius 2 is 2.44 bits per heavy atom. The summed E-state index contributed by atoms with van der Waals surface area (Å²) in [6.45, 7) is 2.21. The first-order valence-corrected chi connectivity index (χ1v) is 5.67. The second-order valence-corrected chi connectivity index (χ2v) is 4.43. The average molecular weight is 253 g/mol. The van der Waals surface area contributed by atoms with Crippen LogP contribution in [-0.2, 0) is 11.3 Å². The van der Waals surface area contributed by atoms with E-state index in [9.17, 15) is 14.7 Å². The lowest BCUT2D eigenvalue weighted by Crippen LogP contribution is -2.54. The number of likely N-dealkylation sites (tertiary alicyclic amines) is 1. The largest absolute Gasteiger partial charge is 0.480 e. The molecule has 1 saturated heterocycles. The minimum absolute atomic E-state index is 0.199. The van der Waals surface area contributed by atoms with Crippen molar-refractivity contribution in [2.75, 3.05) is 6.54 Å². The van der Waals surface area contributed by atoms with Gasteiger partial charge in [0.1, 0.15) is 17.7 Å². The van der Waals surface area contributed by atoms with Crippen molar-refractivity contribution in [3.8, 4) is 0 Å². The zero-order chi connectivity index (χ0) is 13.2. The highest BCUT2D eigenvalue weighted by molar-refractivity contribution is 5.86. The summed E-state index contributed by atoms with van der Waals surface area (Å²) >= 11 is 0. The summed E-state index contributed by atoms with van der Waals surface area (Å²) in [7, 11) is 0. The molecule has 0 spiro atoms. The van der Waals surface area contributed by atoms with E-state index in [-0.39, 0.29) is 6.54 Å². The summed E-state index contributed by atoms with van der Waals surface area (Å²) in [4.78, 5) is 28.4. The Hall–Kier alpha value is -2.12. The van der Waals surface area contributed by atoms with Crippen LogP contribution in [0.3, 0.4) is 0 Å². The molecule has 1 aromatic heterocycles. The molecule has 1 aliphatic heterocycles. The van der Waals surface area contributed by atoms with Crippen LogP contribution < -0.4 is 5.32 Å². The van der Waals surface area contributed by atoms with Crippen molar-refractivity contribution < 1.29 is 14.7 Å². The first-order valence-electron chi connectivity index (χ1n) is 5.67. The van der Waals surface area contributed by atoms with Gasteiger partial charge in [-0.15, -0.1) is 0 Å². The zero-order valence-corrected chi connectivity index (χ0v) is 10.0. The Balaban J connectivity index is 1.98. The number of aromatic nitrogens is 3. The number of carbonyl (C=O) groups excluding carboxylic acids is 1. The van der Waals surface area contributed by atoms with Crippen LogP contribution >= 0.6 is 0 Å². The molecule has 2 amide bonds. The van der Waals surface area contributed by atoms with E-state index in [1.54, 1.807) is 6.92 Å². The van der Waals surface area contributed by atoms with Crippen molar-refractivity contribution >= 4 is 12.0 Å². The number of nitrogens with zero attached hydrogens (tertiary/aromatic N) is 3. The van der Waals surface area contributed by atoms with Gasteiger partial charge in [0, 0.05) is 6.54 Å². The third-order valence-electron chi connectivity index (χ3n) is 3.22. The number of carbonyl (C=O) groups is 2. The van der Waals surface area contributed by atoms with Crippen LogP contribution in [0.5, 0.6) is 0 Å². The number of H-pyrrole nitrogens is 1. The van der Waals surface area contributed by atoms with E-state index in [0.717, 1.165) is 0 Å². The Kier molecular flexibility index (Phi) is 3.17. The van der Waals surface area contributed by atoms with Crippen molar-refractivity contribution in [2.24, 2.45) is 0 Å². The maximum atomic E-state index is 11.9. The number of aromatic amines is 1. The lowest BCUT2D eigenvalue weighted by Gasteiger charge is -2.31. The fourth-order valence-electron chi connectivity index (χ4n) is 2.08. The molecule has 2 rings (SSSR count). The highest BCUT2D eigenvalue weighted by Gasteiger charge is 2.45. The van der Waals surface area contributed by atoms with Crippen LogP contribution in [-0.4, -0.2) is 49.3 Å². The van der Waals surface area contributed by atoms with Crippen molar-refractivity contribution in [3.63, 3.8) is 0 Å². The van der Waals surface area contributed by atoms with E-state index in [0.29, 0.717) is 25.2 Å². The smallest absolute Gasteiger partial charge is 0.329 e. The Bertz CT molecular complexity index is 446. The molecule has 1 aromatic rings. The van der Waals surface area contributed by atoms with Crippen molar-refractivity contribution in [1.29, 1.82) is 0 Å². The van der Waals surface area contributed by atoms with E-state index >= 15 is 0 Å². The fraction of sp³-hybridized carbons (Fsp3) is 0.600. The van der Waals surface area contributed by atoms with Crippen LogP contribution in [0.2, 0.25) is 0 Å². The number of hydrogen-bond donors (Lipinski definition) is 3. The lowest BCUT2D eigenvalue weighted by atomic mass is 10.00. The number of carboxylic acids is 1. The molecule has 0 saturated carbocycles. The molecule has 1 aliphatic rings. The predicted molar refractivity (Wildman–Crippen MR) is 60.6 cm³/mol. The van der Waals surface area contributed by atoms with Gasteiger partial charge in [-0.2, -0.15) is 5.10 Å². The van der Waals surface area contributed by atoms with Gasteiger partial charge in [0.25, 0.3) is 0 Å². The van der Waals surface area contributed by atoms with Crippen molar-refractivity contribution in [2.45, 2.75) is 31.8 Å².